The number of amides is 2. The summed E-state index contributed by atoms with van der Waals surface area (Å²) in [5.74, 6) is -0.483. The lowest BCUT2D eigenvalue weighted by molar-refractivity contribution is -0.140. The van der Waals surface area contributed by atoms with Crippen LogP contribution in [0, 0.1) is 5.92 Å². The van der Waals surface area contributed by atoms with Gasteiger partial charge in [0, 0.05) is 28.7 Å². The van der Waals surface area contributed by atoms with Crippen molar-refractivity contribution in [1.82, 2.24) is 10.2 Å². The smallest absolute Gasteiger partial charge is 0.264 e. The first kappa shape index (κ1) is 33.5. The largest absolute Gasteiger partial charge is 0.495 e. The average Bonchev–Trinajstić information content (AvgIpc) is 2.96. The van der Waals surface area contributed by atoms with Crippen LogP contribution in [-0.4, -0.2) is 51.4 Å². The monoisotopic (exact) mass is 653 g/mol. The lowest BCUT2D eigenvalue weighted by atomic mass is 10.1. The highest BCUT2D eigenvalue weighted by Gasteiger charge is 2.34. The maximum atomic E-state index is 14.2. The van der Waals surface area contributed by atoms with Crippen LogP contribution < -0.4 is 14.4 Å². The van der Waals surface area contributed by atoms with E-state index < -0.39 is 28.5 Å². The van der Waals surface area contributed by atoms with Gasteiger partial charge in [0.25, 0.3) is 10.0 Å². The first-order valence-electron chi connectivity index (χ1n) is 13.3. The predicted molar refractivity (Wildman–Crippen MR) is 168 cm³/mol. The Kier molecular flexibility index (Phi) is 11.9. The van der Waals surface area contributed by atoms with E-state index in [1.54, 1.807) is 43.3 Å². The standard InChI is InChI=1S/C30H34Cl3N3O5S/c1-5-27(30(38)34-17-20(2)3)35(18-23-24(31)12-9-13-25(23)32)29(37)19-36(21-14-15-28(41-4)26(33)16-21)42(39,40)22-10-7-6-8-11-22/h6-16,20,27H,5,17-19H2,1-4H3,(H,34,38)/t27-/m1/s1. The number of nitrogens with one attached hydrogen (secondary N) is 1. The molecule has 0 radical (unpaired) electrons. The van der Waals surface area contributed by atoms with Crippen molar-refractivity contribution in [2.24, 2.45) is 5.92 Å². The number of methoxy groups -OCH3 is 1. The first-order chi connectivity index (χ1) is 19.9. The second kappa shape index (κ2) is 15.0. The Balaban J connectivity index is 2.11. The Hall–Kier alpha value is -2.98. The molecular formula is C30H34Cl3N3O5S. The summed E-state index contributed by atoms with van der Waals surface area (Å²) in [5.41, 5.74) is 0.584. The van der Waals surface area contributed by atoms with E-state index in [0.29, 0.717) is 27.9 Å². The number of nitrogens with zero attached hydrogens (tertiary/aromatic N) is 2. The second-order valence-electron chi connectivity index (χ2n) is 9.93. The molecule has 0 aliphatic rings. The summed E-state index contributed by atoms with van der Waals surface area (Å²) in [6.45, 7) is 5.35. The maximum Gasteiger partial charge on any atom is 0.264 e. The molecule has 3 aromatic carbocycles. The van der Waals surface area contributed by atoms with Gasteiger partial charge in [0.1, 0.15) is 18.3 Å². The molecule has 226 valence electrons. The van der Waals surface area contributed by atoms with Gasteiger partial charge in [-0.05, 0) is 54.8 Å². The van der Waals surface area contributed by atoms with Crippen LogP contribution in [-0.2, 0) is 26.2 Å². The molecule has 1 N–H and O–H groups in total. The van der Waals surface area contributed by atoms with Gasteiger partial charge < -0.3 is 15.0 Å². The van der Waals surface area contributed by atoms with Crippen LogP contribution in [0.1, 0.15) is 32.8 Å². The highest BCUT2D eigenvalue weighted by Crippen LogP contribution is 2.33. The van der Waals surface area contributed by atoms with Crippen molar-refractivity contribution < 1.29 is 22.7 Å². The van der Waals surface area contributed by atoms with Crippen molar-refractivity contribution in [1.29, 1.82) is 0 Å². The molecule has 1 atom stereocenters. The molecule has 2 amide bonds. The molecule has 0 unspecified atom stereocenters. The van der Waals surface area contributed by atoms with E-state index in [-0.39, 0.29) is 40.4 Å². The lowest BCUT2D eigenvalue weighted by Gasteiger charge is -2.33. The van der Waals surface area contributed by atoms with Crippen LogP contribution in [0.4, 0.5) is 5.69 Å². The average molecular weight is 655 g/mol. The Bertz CT molecular complexity index is 1480. The molecular weight excluding hydrogens is 621 g/mol. The first-order valence-corrected chi connectivity index (χ1v) is 15.9. The molecule has 0 fully saturated rings. The van der Waals surface area contributed by atoms with Gasteiger partial charge in [-0.15, -0.1) is 0 Å². The van der Waals surface area contributed by atoms with E-state index in [4.69, 9.17) is 39.5 Å². The lowest BCUT2D eigenvalue weighted by Crippen LogP contribution is -2.52. The van der Waals surface area contributed by atoms with Crippen molar-refractivity contribution in [2.45, 2.75) is 44.7 Å². The van der Waals surface area contributed by atoms with Crippen LogP contribution in [0.25, 0.3) is 0 Å². The number of benzene rings is 3. The predicted octanol–water partition coefficient (Wildman–Crippen LogP) is 6.43. The molecule has 0 saturated heterocycles. The molecule has 0 aliphatic carbocycles. The van der Waals surface area contributed by atoms with Crippen LogP contribution >= 0.6 is 34.8 Å². The SMILES string of the molecule is CC[C@H](C(=O)NCC(C)C)N(Cc1c(Cl)cccc1Cl)C(=O)CN(c1ccc(OC)c(Cl)c1)S(=O)(=O)c1ccccc1. The highest BCUT2D eigenvalue weighted by atomic mass is 35.5. The second-order valence-corrected chi connectivity index (χ2v) is 13.0. The van der Waals surface area contributed by atoms with Crippen molar-refractivity contribution >= 4 is 62.3 Å². The van der Waals surface area contributed by atoms with Gasteiger partial charge in [-0.25, -0.2) is 8.42 Å². The number of hydrogen-bond donors (Lipinski definition) is 1. The quantitative estimate of drug-likeness (QED) is 0.229. The van der Waals surface area contributed by atoms with Crippen LogP contribution in [0.2, 0.25) is 15.1 Å². The third kappa shape index (κ3) is 8.10. The number of sulfonamides is 1. The fourth-order valence-electron chi connectivity index (χ4n) is 4.25. The Labute approximate surface area is 262 Å². The summed E-state index contributed by atoms with van der Waals surface area (Å²) < 4.78 is 34.1. The minimum atomic E-state index is -4.25. The van der Waals surface area contributed by atoms with Gasteiger partial charge in [0.2, 0.25) is 11.8 Å². The molecule has 0 heterocycles. The molecule has 3 aromatic rings. The molecule has 0 aliphatic heterocycles. The topological polar surface area (TPSA) is 96.0 Å². The van der Waals surface area contributed by atoms with E-state index >= 15 is 0 Å². The molecule has 42 heavy (non-hydrogen) atoms. The zero-order chi connectivity index (χ0) is 31.0. The number of hydrogen-bond acceptors (Lipinski definition) is 5. The summed E-state index contributed by atoms with van der Waals surface area (Å²) in [6, 6.07) is 16.2. The summed E-state index contributed by atoms with van der Waals surface area (Å²) in [5, 5.41) is 3.67. The van der Waals surface area contributed by atoms with Gasteiger partial charge >= 0.3 is 0 Å². The normalized spacial score (nSPS) is 12.1. The van der Waals surface area contributed by atoms with Crippen LogP contribution in [0.15, 0.2) is 71.6 Å². The molecule has 8 nitrogen and oxygen atoms in total. The zero-order valence-electron chi connectivity index (χ0n) is 23.8. The number of anilines is 1. The van der Waals surface area contributed by atoms with Crippen molar-refractivity contribution in [3.8, 4) is 5.75 Å². The Morgan fingerprint density at radius 3 is 2.12 bits per heavy atom. The Morgan fingerprint density at radius 1 is 0.929 bits per heavy atom. The zero-order valence-corrected chi connectivity index (χ0v) is 26.9. The van der Waals surface area contributed by atoms with Crippen LogP contribution in [0.3, 0.4) is 0 Å². The summed E-state index contributed by atoms with van der Waals surface area (Å²) >= 11 is 19.3. The summed E-state index contributed by atoms with van der Waals surface area (Å²) in [4.78, 5) is 28.8. The molecule has 0 aromatic heterocycles. The summed E-state index contributed by atoms with van der Waals surface area (Å²) in [6.07, 6.45) is 0.261. The molecule has 0 saturated carbocycles. The number of carbonyl (C=O) groups is 2. The third-order valence-corrected chi connectivity index (χ3v) is 9.29. The number of carbonyl (C=O) groups excluding carboxylic acids is 2. The third-order valence-electron chi connectivity index (χ3n) is 6.49. The van der Waals surface area contributed by atoms with Crippen LogP contribution in [0.5, 0.6) is 5.75 Å². The number of rotatable bonds is 13. The van der Waals surface area contributed by atoms with E-state index in [0.717, 1.165) is 4.31 Å². The van der Waals surface area contributed by atoms with E-state index in [1.807, 2.05) is 13.8 Å². The van der Waals surface area contributed by atoms with Gasteiger partial charge in [-0.1, -0.05) is 79.8 Å². The van der Waals surface area contributed by atoms with Crippen molar-refractivity contribution in [3.05, 3.63) is 87.4 Å². The van der Waals surface area contributed by atoms with E-state index in [9.17, 15) is 18.0 Å². The minimum absolute atomic E-state index is 0.0212. The molecule has 3 rings (SSSR count). The van der Waals surface area contributed by atoms with Crippen molar-refractivity contribution in [3.63, 3.8) is 0 Å². The fourth-order valence-corrected chi connectivity index (χ4v) is 6.45. The van der Waals surface area contributed by atoms with Gasteiger partial charge in [0.05, 0.1) is 22.7 Å². The van der Waals surface area contributed by atoms with Crippen molar-refractivity contribution in [2.75, 3.05) is 24.5 Å². The minimum Gasteiger partial charge on any atom is -0.495 e. The number of halogens is 3. The number of ether oxygens (including phenoxy) is 1. The maximum absolute atomic E-state index is 14.2. The summed E-state index contributed by atoms with van der Waals surface area (Å²) in [7, 11) is -2.81. The highest BCUT2D eigenvalue weighted by molar-refractivity contribution is 7.92. The van der Waals surface area contributed by atoms with E-state index in [1.165, 1.54) is 42.3 Å². The Morgan fingerprint density at radius 2 is 1.57 bits per heavy atom. The molecule has 12 heteroatoms. The van der Waals surface area contributed by atoms with E-state index in [2.05, 4.69) is 5.32 Å². The van der Waals surface area contributed by atoms with Gasteiger partial charge in [-0.2, -0.15) is 0 Å². The molecule has 0 spiro atoms. The van der Waals surface area contributed by atoms with Gasteiger partial charge in [-0.3, -0.25) is 13.9 Å². The fraction of sp³-hybridized carbons (Fsp3) is 0.333. The van der Waals surface area contributed by atoms with Gasteiger partial charge in [0.15, 0.2) is 0 Å². The molecule has 0 bridgehead atoms.